The molecule has 0 radical (unpaired) electrons. The number of urea groups is 1. The summed E-state index contributed by atoms with van der Waals surface area (Å²) in [5.74, 6) is -0.0388. The molecule has 4 amide bonds. The van der Waals surface area contributed by atoms with Crippen LogP contribution in [-0.4, -0.2) is 73.1 Å². The van der Waals surface area contributed by atoms with Gasteiger partial charge in [0.2, 0.25) is 5.91 Å². The van der Waals surface area contributed by atoms with Crippen molar-refractivity contribution >= 4 is 23.8 Å². The van der Waals surface area contributed by atoms with E-state index in [1.54, 1.807) is 25.2 Å². The number of ether oxygens (including phenoxy) is 3. The normalized spacial score (nSPS) is 16.9. The van der Waals surface area contributed by atoms with Crippen molar-refractivity contribution in [2.45, 2.75) is 12.6 Å². The largest absolute Gasteiger partial charge is 0.486 e. The second-order valence-electron chi connectivity index (χ2n) is 7.68. The van der Waals surface area contributed by atoms with E-state index >= 15 is 0 Å². The second-order valence-corrected chi connectivity index (χ2v) is 7.68. The molecular formula is C23H23N3O7. The van der Waals surface area contributed by atoms with E-state index in [2.05, 4.69) is 5.32 Å². The molecule has 1 N–H and O–H groups in total. The van der Waals surface area contributed by atoms with Crippen LogP contribution in [0.4, 0.5) is 4.79 Å². The lowest BCUT2D eigenvalue weighted by Crippen LogP contribution is -2.43. The number of amides is 4. The highest BCUT2D eigenvalue weighted by molar-refractivity contribution is 6.01. The van der Waals surface area contributed by atoms with Crippen molar-refractivity contribution in [1.82, 2.24) is 15.1 Å². The lowest BCUT2D eigenvalue weighted by atomic mass is 10.1. The van der Waals surface area contributed by atoms with Crippen molar-refractivity contribution in [3.05, 3.63) is 59.7 Å². The number of benzene rings is 2. The Morgan fingerprint density at radius 3 is 2.55 bits per heavy atom. The zero-order valence-corrected chi connectivity index (χ0v) is 18.0. The van der Waals surface area contributed by atoms with Gasteiger partial charge in [-0.2, -0.15) is 0 Å². The number of rotatable bonds is 7. The standard InChI is InChI=1S/C23H23N3O7/c1-25(12-17-13-31-18-4-2-3-5-19(18)33-17)21(28)14-32-22(29)16-8-6-15(7-9-16)11-26-20(27)10-24-23(26)30/h2-9,17H,10-14H2,1H3,(H,24,30). The molecule has 0 saturated carbocycles. The molecule has 1 fully saturated rings. The molecule has 0 aliphatic carbocycles. The summed E-state index contributed by atoms with van der Waals surface area (Å²) < 4.78 is 16.6. The number of para-hydroxylation sites is 2. The van der Waals surface area contributed by atoms with Crippen LogP contribution >= 0.6 is 0 Å². The highest BCUT2D eigenvalue weighted by Crippen LogP contribution is 2.30. The molecule has 4 rings (SSSR count). The molecule has 2 heterocycles. The third-order valence-corrected chi connectivity index (χ3v) is 5.26. The van der Waals surface area contributed by atoms with Gasteiger partial charge in [0, 0.05) is 7.05 Å². The Kier molecular flexibility index (Phi) is 6.43. The minimum Gasteiger partial charge on any atom is -0.486 e. The number of hydrogen-bond donors (Lipinski definition) is 1. The molecule has 0 spiro atoms. The maximum absolute atomic E-state index is 12.4. The summed E-state index contributed by atoms with van der Waals surface area (Å²) in [4.78, 5) is 50.5. The van der Waals surface area contributed by atoms with Crippen molar-refractivity contribution in [3.63, 3.8) is 0 Å². The van der Waals surface area contributed by atoms with Gasteiger partial charge < -0.3 is 24.4 Å². The number of imide groups is 1. The Labute approximate surface area is 190 Å². The second kappa shape index (κ2) is 9.60. The molecule has 10 heteroatoms. The van der Waals surface area contributed by atoms with Crippen molar-refractivity contribution in [3.8, 4) is 11.5 Å². The Hall–Kier alpha value is -4.08. The van der Waals surface area contributed by atoms with E-state index in [4.69, 9.17) is 14.2 Å². The summed E-state index contributed by atoms with van der Waals surface area (Å²) in [6.07, 6.45) is -0.332. The first-order valence-electron chi connectivity index (χ1n) is 10.4. The summed E-state index contributed by atoms with van der Waals surface area (Å²) in [7, 11) is 1.60. The number of hydrogen-bond acceptors (Lipinski definition) is 7. The highest BCUT2D eigenvalue weighted by atomic mass is 16.6. The van der Waals surface area contributed by atoms with Crippen molar-refractivity contribution in [1.29, 1.82) is 0 Å². The molecule has 1 atom stereocenters. The summed E-state index contributed by atoms with van der Waals surface area (Å²) in [6, 6.07) is 13.2. The highest BCUT2D eigenvalue weighted by Gasteiger charge is 2.28. The van der Waals surface area contributed by atoms with Gasteiger partial charge in [0.25, 0.3) is 5.91 Å². The quantitative estimate of drug-likeness (QED) is 0.495. The summed E-state index contributed by atoms with van der Waals surface area (Å²) in [6.45, 7) is 0.275. The number of carbonyl (C=O) groups excluding carboxylic acids is 4. The van der Waals surface area contributed by atoms with Crippen LogP contribution in [0.3, 0.4) is 0 Å². The van der Waals surface area contributed by atoms with Gasteiger partial charge in [-0.15, -0.1) is 0 Å². The molecule has 0 aromatic heterocycles. The zero-order chi connectivity index (χ0) is 23.4. The first kappa shape index (κ1) is 22.1. The van der Waals surface area contributed by atoms with Crippen LogP contribution < -0.4 is 14.8 Å². The lowest BCUT2D eigenvalue weighted by Gasteiger charge is -2.29. The Bertz CT molecular complexity index is 1050. The maximum Gasteiger partial charge on any atom is 0.338 e. The number of carbonyl (C=O) groups is 4. The number of fused-ring (bicyclic) bond motifs is 1. The first-order chi connectivity index (χ1) is 15.9. The predicted molar refractivity (Wildman–Crippen MR) is 115 cm³/mol. The van der Waals surface area contributed by atoms with Crippen LogP contribution in [0.1, 0.15) is 15.9 Å². The molecule has 2 aromatic carbocycles. The molecule has 2 aliphatic rings. The van der Waals surface area contributed by atoms with Crippen LogP contribution in [-0.2, 0) is 20.9 Å². The average Bonchev–Trinajstić information content (AvgIpc) is 3.14. The van der Waals surface area contributed by atoms with E-state index in [0.717, 1.165) is 4.90 Å². The number of likely N-dealkylation sites (N-methyl/N-ethyl adjacent to an activating group) is 1. The molecule has 172 valence electrons. The lowest BCUT2D eigenvalue weighted by molar-refractivity contribution is -0.134. The fourth-order valence-corrected chi connectivity index (χ4v) is 3.43. The minimum atomic E-state index is -0.649. The third-order valence-electron chi connectivity index (χ3n) is 5.26. The van der Waals surface area contributed by atoms with E-state index in [0.29, 0.717) is 23.7 Å². The number of esters is 1. The van der Waals surface area contributed by atoms with E-state index in [9.17, 15) is 19.2 Å². The van der Waals surface area contributed by atoms with Crippen molar-refractivity contribution < 1.29 is 33.4 Å². The van der Waals surface area contributed by atoms with Gasteiger partial charge in [-0.25, -0.2) is 9.59 Å². The smallest absolute Gasteiger partial charge is 0.338 e. The van der Waals surface area contributed by atoms with Crippen LogP contribution in [0.5, 0.6) is 11.5 Å². The summed E-state index contributed by atoms with van der Waals surface area (Å²) in [5, 5.41) is 2.45. The van der Waals surface area contributed by atoms with Gasteiger partial charge in [-0.05, 0) is 29.8 Å². The predicted octanol–water partition coefficient (Wildman–Crippen LogP) is 1.19. The molecule has 1 unspecified atom stereocenters. The van der Waals surface area contributed by atoms with Crippen molar-refractivity contribution in [2.75, 3.05) is 33.4 Å². The molecule has 2 aromatic rings. The fraction of sp³-hybridized carbons (Fsp3) is 0.304. The van der Waals surface area contributed by atoms with Gasteiger partial charge in [-0.1, -0.05) is 24.3 Å². The zero-order valence-electron chi connectivity index (χ0n) is 18.0. The van der Waals surface area contributed by atoms with Gasteiger partial charge in [0.15, 0.2) is 24.2 Å². The maximum atomic E-state index is 12.4. The molecular weight excluding hydrogens is 430 g/mol. The molecule has 33 heavy (non-hydrogen) atoms. The van der Waals surface area contributed by atoms with Crippen molar-refractivity contribution in [2.24, 2.45) is 0 Å². The SMILES string of the molecule is CN(CC1COc2ccccc2O1)C(=O)COC(=O)c1ccc(CN2C(=O)CNC2=O)cc1. The summed E-state index contributed by atoms with van der Waals surface area (Å²) >= 11 is 0. The Morgan fingerprint density at radius 1 is 1.12 bits per heavy atom. The van der Waals surface area contributed by atoms with Crippen LogP contribution in [0.25, 0.3) is 0 Å². The molecule has 0 bridgehead atoms. The van der Waals surface area contributed by atoms with E-state index in [-0.39, 0.29) is 43.1 Å². The molecule has 2 aliphatic heterocycles. The van der Waals surface area contributed by atoms with Gasteiger partial charge >= 0.3 is 12.0 Å². The van der Waals surface area contributed by atoms with Gasteiger partial charge in [-0.3, -0.25) is 14.5 Å². The average molecular weight is 453 g/mol. The van der Waals surface area contributed by atoms with Gasteiger partial charge in [0.05, 0.1) is 25.2 Å². The minimum absolute atomic E-state index is 0.0150. The fourth-order valence-electron chi connectivity index (χ4n) is 3.43. The van der Waals surface area contributed by atoms with E-state index in [1.807, 2.05) is 18.2 Å². The van der Waals surface area contributed by atoms with E-state index < -0.39 is 18.6 Å². The van der Waals surface area contributed by atoms with E-state index in [1.165, 1.54) is 17.0 Å². The topological polar surface area (TPSA) is 114 Å². The Balaban J connectivity index is 1.24. The Morgan fingerprint density at radius 2 is 1.85 bits per heavy atom. The van der Waals surface area contributed by atoms with Gasteiger partial charge in [0.1, 0.15) is 6.61 Å². The number of nitrogens with one attached hydrogen (secondary N) is 1. The monoisotopic (exact) mass is 453 g/mol. The number of nitrogens with zero attached hydrogens (tertiary/aromatic N) is 2. The first-order valence-corrected chi connectivity index (χ1v) is 10.4. The van der Waals surface area contributed by atoms with Crippen LogP contribution in [0.15, 0.2) is 48.5 Å². The summed E-state index contributed by atoms with van der Waals surface area (Å²) in [5.41, 5.74) is 0.941. The van der Waals surface area contributed by atoms with Crippen LogP contribution in [0, 0.1) is 0 Å². The molecule has 10 nitrogen and oxygen atoms in total. The third kappa shape index (κ3) is 5.22. The van der Waals surface area contributed by atoms with Crippen LogP contribution in [0.2, 0.25) is 0 Å². The molecule has 1 saturated heterocycles.